The predicted molar refractivity (Wildman–Crippen MR) is 176 cm³/mol. The van der Waals surface area contributed by atoms with Crippen LogP contribution in [0.25, 0.3) is 22.0 Å². The Bertz CT molecular complexity index is 1810. The number of rotatable bonds is 9. The second-order valence-corrected chi connectivity index (χ2v) is 13.0. The zero-order valence-corrected chi connectivity index (χ0v) is 28.1. The molecule has 2 amide bonds. The van der Waals surface area contributed by atoms with Crippen molar-refractivity contribution in [2.24, 2.45) is 0 Å². The van der Waals surface area contributed by atoms with Crippen molar-refractivity contribution in [3.63, 3.8) is 0 Å². The number of amides is 2. The molecule has 4 aromatic rings. The van der Waals surface area contributed by atoms with Crippen LogP contribution in [0.4, 0.5) is 18.4 Å². The fourth-order valence-corrected chi connectivity index (χ4v) is 4.82. The number of carbonyl (C=O) groups excluding carboxylic acids is 3. The summed E-state index contributed by atoms with van der Waals surface area (Å²) >= 11 is 0. The van der Waals surface area contributed by atoms with Crippen molar-refractivity contribution in [3.05, 3.63) is 77.5 Å². The molecule has 0 aliphatic carbocycles. The summed E-state index contributed by atoms with van der Waals surface area (Å²) in [7, 11) is 1.49. The topological polar surface area (TPSA) is 130 Å². The van der Waals surface area contributed by atoms with Crippen molar-refractivity contribution in [1.29, 1.82) is 0 Å². The summed E-state index contributed by atoms with van der Waals surface area (Å²) in [6.07, 6.45) is -1.33. The third-order valence-corrected chi connectivity index (χ3v) is 6.86. The number of nitrogens with one attached hydrogen (secondary N) is 2. The first-order valence-electron chi connectivity index (χ1n) is 15.2. The summed E-state index contributed by atoms with van der Waals surface area (Å²) in [5.74, 6) is -0.569. The summed E-state index contributed by atoms with van der Waals surface area (Å²) < 4.78 is 49.0. The number of hydrogen-bond acceptors (Lipinski definition) is 8. The molecule has 1 heterocycles. The molecule has 2 N–H and O–H groups in total. The zero-order valence-electron chi connectivity index (χ0n) is 28.1. The van der Waals surface area contributed by atoms with Crippen molar-refractivity contribution in [1.82, 2.24) is 20.4 Å². The van der Waals surface area contributed by atoms with E-state index in [4.69, 9.17) is 18.9 Å². The molecule has 3 aromatic carbocycles. The fraction of sp³-hybridized carbons (Fsp3) is 0.371. The van der Waals surface area contributed by atoms with Gasteiger partial charge in [-0.05, 0) is 102 Å². The van der Waals surface area contributed by atoms with Crippen molar-refractivity contribution >= 4 is 29.0 Å². The molecule has 4 rings (SSSR count). The number of alkyl carbamates (subject to hydrolysis) is 1. The number of aromatic nitrogens is 2. The van der Waals surface area contributed by atoms with E-state index >= 15 is 0 Å². The Morgan fingerprint density at radius 3 is 2.21 bits per heavy atom. The van der Waals surface area contributed by atoms with Crippen molar-refractivity contribution < 1.29 is 42.1 Å². The molecule has 0 saturated carbocycles. The normalized spacial score (nSPS) is 12.4. The van der Waals surface area contributed by atoms with Crippen LogP contribution in [-0.4, -0.2) is 59.3 Å². The highest BCUT2D eigenvalue weighted by Gasteiger charge is 2.25. The maximum atomic E-state index is 13.8. The summed E-state index contributed by atoms with van der Waals surface area (Å²) in [5.41, 5.74) is 1.15. The molecule has 0 bridgehead atoms. The lowest BCUT2D eigenvalue weighted by Gasteiger charge is -2.24. The fourth-order valence-electron chi connectivity index (χ4n) is 4.82. The van der Waals surface area contributed by atoms with Crippen LogP contribution in [0.15, 0.2) is 60.7 Å². The first-order valence-corrected chi connectivity index (χ1v) is 15.2. The molecule has 0 radical (unpaired) electrons. The first-order chi connectivity index (χ1) is 22.4. The van der Waals surface area contributed by atoms with Gasteiger partial charge in [0.15, 0.2) is 0 Å². The van der Waals surface area contributed by atoms with Crippen LogP contribution in [0.3, 0.4) is 0 Å². The van der Waals surface area contributed by atoms with Gasteiger partial charge in [0.05, 0.1) is 29.9 Å². The molecule has 1 atom stereocenters. The number of hydrogen-bond donors (Lipinski definition) is 2. The van der Waals surface area contributed by atoms with Crippen LogP contribution in [0, 0.1) is 6.92 Å². The molecule has 0 aliphatic heterocycles. The van der Waals surface area contributed by atoms with E-state index in [1.54, 1.807) is 97.0 Å². The molecule has 1 aromatic heterocycles. The second kappa shape index (κ2) is 14.3. The SMILES string of the molecule is COc1cccc(C(CNC(=O)OC(C)(C)C)NC(=O)c2cc(-c3ccc4c(c3)c(C)nn4C(=O)OC(C)(C)C)ccc2OC(F)F)c1. The van der Waals surface area contributed by atoms with E-state index < -0.39 is 41.9 Å². The molecule has 48 heavy (non-hydrogen) atoms. The third-order valence-electron chi connectivity index (χ3n) is 6.86. The number of alkyl halides is 2. The van der Waals surface area contributed by atoms with Gasteiger partial charge in [-0.1, -0.05) is 24.3 Å². The molecule has 11 nitrogen and oxygen atoms in total. The molecule has 13 heteroatoms. The van der Waals surface area contributed by atoms with Gasteiger partial charge in [-0.3, -0.25) is 4.79 Å². The highest BCUT2D eigenvalue weighted by atomic mass is 19.3. The molecule has 0 spiro atoms. The van der Waals surface area contributed by atoms with Gasteiger partial charge in [-0.25, -0.2) is 9.59 Å². The van der Waals surface area contributed by atoms with Gasteiger partial charge in [0, 0.05) is 11.9 Å². The lowest BCUT2D eigenvalue weighted by atomic mass is 9.99. The lowest BCUT2D eigenvalue weighted by Crippen LogP contribution is -2.40. The number of ether oxygens (including phenoxy) is 4. The molecule has 0 aliphatic rings. The van der Waals surface area contributed by atoms with Crippen molar-refractivity contribution in [3.8, 4) is 22.6 Å². The minimum atomic E-state index is -3.19. The van der Waals surface area contributed by atoms with E-state index in [0.717, 1.165) is 0 Å². The quantitative estimate of drug-likeness (QED) is 0.189. The molecule has 1 unspecified atom stereocenters. The lowest BCUT2D eigenvalue weighted by molar-refractivity contribution is -0.0501. The van der Waals surface area contributed by atoms with E-state index in [-0.39, 0.29) is 17.9 Å². The second-order valence-electron chi connectivity index (χ2n) is 13.0. The Morgan fingerprint density at radius 1 is 0.896 bits per heavy atom. The number of halogens is 2. The van der Waals surface area contributed by atoms with Gasteiger partial charge in [0.2, 0.25) is 0 Å². The van der Waals surface area contributed by atoms with Crippen LogP contribution in [0.1, 0.15) is 69.2 Å². The average molecular weight is 667 g/mol. The van der Waals surface area contributed by atoms with Gasteiger partial charge < -0.3 is 29.6 Å². The minimum Gasteiger partial charge on any atom is -0.497 e. The largest absolute Gasteiger partial charge is 0.497 e. The van der Waals surface area contributed by atoms with Gasteiger partial charge >= 0.3 is 18.8 Å². The highest BCUT2D eigenvalue weighted by Crippen LogP contribution is 2.32. The molecular weight excluding hydrogens is 626 g/mol. The molecule has 0 fully saturated rings. The standard InChI is InChI=1S/C35H40F2N4O7/c1-20-25-17-21(12-14-28(25)41(40-20)33(44)48-35(5,6)7)22-13-15-29(46-31(36)37)26(18-22)30(42)39-27(19-38-32(43)47-34(2,3)4)23-10-9-11-24(16-23)45-8/h9-18,27,31H,19H2,1-8H3,(H,38,43)(H,39,42). The Morgan fingerprint density at radius 2 is 1.56 bits per heavy atom. The summed E-state index contributed by atoms with van der Waals surface area (Å²) in [4.78, 5) is 39.1. The summed E-state index contributed by atoms with van der Waals surface area (Å²) in [6, 6.07) is 15.5. The first kappa shape index (κ1) is 35.7. The van der Waals surface area contributed by atoms with Gasteiger partial charge in [-0.2, -0.15) is 18.6 Å². The van der Waals surface area contributed by atoms with E-state index in [9.17, 15) is 23.2 Å². The van der Waals surface area contributed by atoms with E-state index in [1.807, 2.05) is 0 Å². The van der Waals surface area contributed by atoms with E-state index in [0.29, 0.717) is 39.0 Å². The number of carbonyl (C=O) groups is 3. The smallest absolute Gasteiger partial charge is 0.435 e. The highest BCUT2D eigenvalue weighted by molar-refractivity contribution is 5.99. The van der Waals surface area contributed by atoms with Crippen LogP contribution in [-0.2, 0) is 9.47 Å². The van der Waals surface area contributed by atoms with Crippen LogP contribution in [0.2, 0.25) is 0 Å². The number of nitrogens with zero attached hydrogens (tertiary/aromatic N) is 2. The van der Waals surface area contributed by atoms with Gasteiger partial charge in [0.25, 0.3) is 5.91 Å². The Kier molecular flexibility index (Phi) is 10.6. The van der Waals surface area contributed by atoms with E-state index in [2.05, 4.69) is 15.7 Å². The van der Waals surface area contributed by atoms with Crippen LogP contribution in [0.5, 0.6) is 11.5 Å². The molecule has 0 saturated heterocycles. The molecular formula is C35H40F2N4O7. The van der Waals surface area contributed by atoms with Crippen LogP contribution >= 0.6 is 0 Å². The summed E-state index contributed by atoms with van der Waals surface area (Å²) in [5, 5.41) is 10.5. The third kappa shape index (κ3) is 9.20. The van der Waals surface area contributed by atoms with Crippen LogP contribution < -0.4 is 20.1 Å². The Balaban J connectivity index is 1.70. The number of aryl methyl sites for hydroxylation is 1. The number of benzene rings is 3. The maximum absolute atomic E-state index is 13.8. The number of methoxy groups -OCH3 is 1. The Labute approximate surface area is 277 Å². The maximum Gasteiger partial charge on any atom is 0.435 e. The van der Waals surface area contributed by atoms with Crippen molar-refractivity contribution in [2.75, 3.05) is 13.7 Å². The van der Waals surface area contributed by atoms with E-state index in [1.165, 1.54) is 23.9 Å². The number of fused-ring (bicyclic) bond motifs is 1. The van der Waals surface area contributed by atoms with Crippen molar-refractivity contribution in [2.45, 2.75) is 72.3 Å². The average Bonchev–Trinajstić information content (AvgIpc) is 3.33. The van der Waals surface area contributed by atoms with Gasteiger partial charge in [0.1, 0.15) is 22.7 Å². The minimum absolute atomic E-state index is 0.0872. The zero-order chi connectivity index (χ0) is 35.4. The monoisotopic (exact) mass is 666 g/mol. The summed E-state index contributed by atoms with van der Waals surface area (Å²) in [6.45, 7) is 8.90. The molecule has 256 valence electrons. The predicted octanol–water partition coefficient (Wildman–Crippen LogP) is 7.40. The Hall–Kier alpha value is -5.20. The van der Waals surface area contributed by atoms with Gasteiger partial charge in [-0.15, -0.1) is 0 Å².